The van der Waals surface area contributed by atoms with Gasteiger partial charge in [0.25, 0.3) is 0 Å². The van der Waals surface area contributed by atoms with Crippen molar-refractivity contribution in [3.8, 4) is 6.19 Å². The van der Waals surface area contributed by atoms with Crippen LogP contribution in [0.2, 0.25) is 0 Å². The second-order valence-electron chi connectivity index (χ2n) is 8.55. The van der Waals surface area contributed by atoms with Crippen LogP contribution in [0, 0.1) is 18.4 Å². The first kappa shape index (κ1) is 25.8. The van der Waals surface area contributed by atoms with Gasteiger partial charge in [0.2, 0.25) is 17.8 Å². The maximum atomic E-state index is 13.3. The first-order valence-electron chi connectivity index (χ1n) is 12.0. The topological polar surface area (TPSA) is 130 Å². The van der Waals surface area contributed by atoms with E-state index in [0.29, 0.717) is 45.8 Å². The third-order valence-electron chi connectivity index (χ3n) is 5.98. The Morgan fingerprint density at radius 1 is 1.17 bits per heavy atom. The van der Waals surface area contributed by atoms with E-state index in [0.717, 1.165) is 24.1 Å². The maximum Gasteiger partial charge on any atom is 0.409 e. The van der Waals surface area contributed by atoms with E-state index in [9.17, 15) is 14.4 Å². The van der Waals surface area contributed by atoms with Gasteiger partial charge in [-0.15, -0.1) is 0 Å². The van der Waals surface area contributed by atoms with Gasteiger partial charge in [-0.2, -0.15) is 5.26 Å². The molecule has 3 amide bonds. The van der Waals surface area contributed by atoms with E-state index in [1.54, 1.807) is 21.6 Å². The predicted molar refractivity (Wildman–Crippen MR) is 130 cm³/mol. The summed E-state index contributed by atoms with van der Waals surface area (Å²) in [4.78, 5) is 47.4. The van der Waals surface area contributed by atoms with Gasteiger partial charge in [0.1, 0.15) is 6.04 Å². The molecule has 2 heterocycles. The molecule has 11 heteroatoms. The van der Waals surface area contributed by atoms with E-state index < -0.39 is 6.04 Å². The van der Waals surface area contributed by atoms with Crippen LogP contribution < -0.4 is 10.6 Å². The number of hydrogen-bond donors (Lipinski definition) is 2. The number of carbonyl (C=O) groups is 3. The van der Waals surface area contributed by atoms with Crippen molar-refractivity contribution in [1.29, 1.82) is 5.26 Å². The fourth-order valence-electron chi connectivity index (χ4n) is 4.14. The maximum absolute atomic E-state index is 13.3. The van der Waals surface area contributed by atoms with E-state index in [-0.39, 0.29) is 30.4 Å². The van der Waals surface area contributed by atoms with Gasteiger partial charge in [0, 0.05) is 38.4 Å². The number of hydrogen-bond acceptors (Lipinski definition) is 6. The number of piperazine rings is 1. The zero-order chi connectivity index (χ0) is 25.2. The fourth-order valence-corrected chi connectivity index (χ4v) is 4.14. The molecule has 2 aliphatic rings. The summed E-state index contributed by atoms with van der Waals surface area (Å²) in [5, 5.41) is 14.7. The van der Waals surface area contributed by atoms with Crippen LogP contribution in [-0.2, 0) is 14.3 Å². The van der Waals surface area contributed by atoms with Crippen molar-refractivity contribution in [3.05, 3.63) is 29.8 Å². The highest BCUT2D eigenvalue weighted by Gasteiger charge is 2.31. The molecule has 1 aromatic carbocycles. The van der Waals surface area contributed by atoms with Gasteiger partial charge in [0.15, 0.2) is 6.19 Å². The highest BCUT2D eigenvalue weighted by molar-refractivity contribution is 5.97. The van der Waals surface area contributed by atoms with E-state index in [4.69, 9.17) is 10.00 Å². The average Bonchev–Trinajstić information content (AvgIpc) is 3.01. The first-order valence-corrected chi connectivity index (χ1v) is 12.0. The lowest BCUT2D eigenvalue weighted by atomic mass is 10.1. The van der Waals surface area contributed by atoms with Gasteiger partial charge in [-0.1, -0.05) is 12.1 Å². The number of nitrogens with zero attached hydrogens (tertiary/aromatic N) is 5. The number of guanidine groups is 1. The monoisotopic (exact) mass is 483 g/mol. The Bertz CT molecular complexity index is 982. The van der Waals surface area contributed by atoms with Crippen LogP contribution in [0.3, 0.4) is 0 Å². The molecule has 2 fully saturated rings. The quantitative estimate of drug-likeness (QED) is 0.281. The summed E-state index contributed by atoms with van der Waals surface area (Å²) in [5.41, 5.74) is 1.80. The molecule has 2 saturated heterocycles. The Hall–Kier alpha value is -3.81. The number of amides is 3. The third-order valence-corrected chi connectivity index (χ3v) is 5.98. The van der Waals surface area contributed by atoms with Crippen LogP contribution in [0.15, 0.2) is 29.3 Å². The molecule has 2 aliphatic heterocycles. The number of aliphatic imine (C=N–C) groups is 1. The number of carbonyl (C=O) groups excluding carboxylic acids is 3. The summed E-state index contributed by atoms with van der Waals surface area (Å²) in [6.45, 7) is 6.08. The number of benzene rings is 1. The van der Waals surface area contributed by atoms with Gasteiger partial charge in [0.05, 0.1) is 13.2 Å². The molecule has 3 rings (SSSR count). The Labute approximate surface area is 205 Å². The summed E-state index contributed by atoms with van der Waals surface area (Å²) in [7, 11) is 0. The summed E-state index contributed by atoms with van der Waals surface area (Å²) in [6.07, 6.45) is 3.58. The van der Waals surface area contributed by atoms with Crippen LogP contribution in [0.1, 0.15) is 31.7 Å². The molecule has 2 N–H and O–H groups in total. The minimum atomic E-state index is -0.695. The van der Waals surface area contributed by atoms with Crippen molar-refractivity contribution in [1.82, 2.24) is 20.0 Å². The van der Waals surface area contributed by atoms with Crippen molar-refractivity contribution in [3.63, 3.8) is 0 Å². The number of anilines is 1. The van der Waals surface area contributed by atoms with Gasteiger partial charge in [-0.25, -0.2) is 9.79 Å². The van der Waals surface area contributed by atoms with Gasteiger partial charge in [-0.3, -0.25) is 14.9 Å². The highest BCUT2D eigenvalue weighted by atomic mass is 16.6. The van der Waals surface area contributed by atoms with Crippen LogP contribution in [0.5, 0.6) is 0 Å². The molecule has 1 aromatic rings. The molecular weight excluding hydrogens is 450 g/mol. The van der Waals surface area contributed by atoms with E-state index in [1.807, 2.05) is 37.4 Å². The van der Waals surface area contributed by atoms with Crippen molar-refractivity contribution in [2.24, 2.45) is 4.99 Å². The molecule has 0 spiro atoms. The molecule has 0 bridgehead atoms. The minimum Gasteiger partial charge on any atom is -0.450 e. The largest absolute Gasteiger partial charge is 0.450 e. The Morgan fingerprint density at radius 3 is 2.60 bits per heavy atom. The molecular formula is C24H33N7O4. The van der Waals surface area contributed by atoms with Crippen molar-refractivity contribution < 1.29 is 19.1 Å². The van der Waals surface area contributed by atoms with E-state index in [2.05, 4.69) is 15.6 Å². The van der Waals surface area contributed by atoms with Crippen LogP contribution in [0.4, 0.5) is 10.5 Å². The SMILES string of the molecule is CCOC(=O)N1CCN(C(=O)CN2CCCC[C@H](N=C(NC#N)Nc3cccc(C)c3)C2=O)CC1. The summed E-state index contributed by atoms with van der Waals surface area (Å²) >= 11 is 0. The second kappa shape index (κ2) is 12.6. The first-order chi connectivity index (χ1) is 16.9. The molecule has 0 aromatic heterocycles. The molecule has 1 atom stereocenters. The Kier molecular flexibility index (Phi) is 9.29. The van der Waals surface area contributed by atoms with Crippen molar-refractivity contribution in [2.75, 3.05) is 51.2 Å². The standard InChI is InChI=1S/C24H33N7O4/c1-3-35-24(34)30-13-11-29(12-14-30)21(32)16-31-10-5-4-9-20(22(31)33)28-23(26-17-25)27-19-8-6-7-18(2)15-19/h6-8,15,20H,3-5,9-14,16H2,1-2H3,(H2,26,27,28)/t20-/m0/s1. The van der Waals surface area contributed by atoms with Gasteiger partial charge >= 0.3 is 6.09 Å². The Balaban J connectivity index is 1.63. The highest BCUT2D eigenvalue weighted by Crippen LogP contribution is 2.17. The summed E-state index contributed by atoms with van der Waals surface area (Å²) in [6, 6.07) is 6.91. The zero-order valence-electron chi connectivity index (χ0n) is 20.3. The van der Waals surface area contributed by atoms with E-state index >= 15 is 0 Å². The molecule has 188 valence electrons. The average molecular weight is 484 g/mol. The summed E-state index contributed by atoms with van der Waals surface area (Å²) in [5.74, 6) is -0.191. The van der Waals surface area contributed by atoms with Crippen LogP contribution in [0.25, 0.3) is 0 Å². The number of rotatable bonds is 5. The predicted octanol–water partition coefficient (Wildman–Crippen LogP) is 1.52. The number of aryl methyl sites for hydroxylation is 1. The van der Waals surface area contributed by atoms with Crippen molar-refractivity contribution >= 4 is 29.6 Å². The Morgan fingerprint density at radius 2 is 1.91 bits per heavy atom. The van der Waals surface area contributed by atoms with E-state index in [1.165, 1.54) is 0 Å². The van der Waals surface area contributed by atoms with Gasteiger partial charge in [-0.05, 0) is 50.8 Å². The number of likely N-dealkylation sites (tertiary alicyclic amines) is 1. The third kappa shape index (κ3) is 7.34. The normalized spacial score (nSPS) is 19.0. The summed E-state index contributed by atoms with van der Waals surface area (Å²) < 4.78 is 5.02. The lowest BCUT2D eigenvalue weighted by molar-refractivity contribution is -0.141. The zero-order valence-corrected chi connectivity index (χ0v) is 20.3. The van der Waals surface area contributed by atoms with Crippen molar-refractivity contribution in [2.45, 2.75) is 39.2 Å². The molecule has 0 unspecified atom stereocenters. The molecule has 0 aliphatic carbocycles. The lowest BCUT2D eigenvalue weighted by Gasteiger charge is -2.35. The molecule has 35 heavy (non-hydrogen) atoms. The molecule has 11 nitrogen and oxygen atoms in total. The fraction of sp³-hybridized carbons (Fsp3) is 0.542. The molecule has 0 saturated carbocycles. The lowest BCUT2D eigenvalue weighted by Crippen LogP contribution is -2.53. The minimum absolute atomic E-state index is 0.0312. The number of nitrogens with one attached hydrogen (secondary N) is 2. The number of ether oxygens (including phenoxy) is 1. The smallest absolute Gasteiger partial charge is 0.409 e. The number of nitriles is 1. The molecule has 0 radical (unpaired) electrons. The van der Waals surface area contributed by atoms with Crippen LogP contribution in [-0.4, -0.2) is 90.5 Å². The van der Waals surface area contributed by atoms with Crippen LogP contribution >= 0.6 is 0 Å². The van der Waals surface area contributed by atoms with Gasteiger partial charge < -0.3 is 24.8 Å². The second-order valence-corrected chi connectivity index (χ2v) is 8.55.